The van der Waals surface area contributed by atoms with E-state index in [1.54, 1.807) is 6.08 Å². The molecule has 0 aliphatic carbocycles. The van der Waals surface area contributed by atoms with Gasteiger partial charge in [0.25, 0.3) is 0 Å². The van der Waals surface area contributed by atoms with E-state index in [2.05, 4.69) is 35.5 Å². The van der Waals surface area contributed by atoms with Crippen molar-refractivity contribution in [3.63, 3.8) is 0 Å². The lowest BCUT2D eigenvalue weighted by Gasteiger charge is -2.05. The third-order valence-electron chi connectivity index (χ3n) is 4.68. The summed E-state index contributed by atoms with van der Waals surface area (Å²) in [6.45, 7) is 8.39. The molecule has 0 amide bonds. The SMILES string of the molecule is CCc1c(C)c[nH]c1Cc1[nH]c(C=C(C#N)C(=O)OC)c(C)c1CC. The molecule has 0 saturated carbocycles. The number of esters is 1. The third-order valence-corrected chi connectivity index (χ3v) is 4.68. The van der Waals surface area contributed by atoms with Crippen LogP contribution in [0.3, 0.4) is 0 Å². The first-order valence-electron chi connectivity index (χ1n) is 8.52. The van der Waals surface area contributed by atoms with Crippen LogP contribution in [0.25, 0.3) is 6.08 Å². The molecular weight excluding hydrogens is 314 g/mol. The molecule has 0 aliphatic rings. The Morgan fingerprint density at radius 1 is 1.24 bits per heavy atom. The van der Waals surface area contributed by atoms with Gasteiger partial charge in [-0.05, 0) is 55.0 Å². The van der Waals surface area contributed by atoms with Crippen molar-refractivity contribution in [3.05, 3.63) is 51.1 Å². The number of nitriles is 1. The van der Waals surface area contributed by atoms with Crippen LogP contribution in [0.5, 0.6) is 0 Å². The van der Waals surface area contributed by atoms with E-state index in [-0.39, 0.29) is 5.57 Å². The summed E-state index contributed by atoms with van der Waals surface area (Å²) >= 11 is 0. The molecule has 25 heavy (non-hydrogen) atoms. The lowest BCUT2D eigenvalue weighted by Crippen LogP contribution is -2.02. The minimum atomic E-state index is -0.621. The van der Waals surface area contributed by atoms with Crippen molar-refractivity contribution in [2.75, 3.05) is 7.11 Å². The van der Waals surface area contributed by atoms with Crippen LogP contribution < -0.4 is 0 Å². The van der Waals surface area contributed by atoms with Gasteiger partial charge in [0.2, 0.25) is 0 Å². The van der Waals surface area contributed by atoms with E-state index in [4.69, 9.17) is 0 Å². The topological polar surface area (TPSA) is 81.7 Å². The summed E-state index contributed by atoms with van der Waals surface area (Å²) in [7, 11) is 1.28. The van der Waals surface area contributed by atoms with Gasteiger partial charge in [-0.15, -0.1) is 0 Å². The first-order valence-corrected chi connectivity index (χ1v) is 8.52. The molecule has 5 nitrogen and oxygen atoms in total. The highest BCUT2D eigenvalue weighted by Crippen LogP contribution is 2.25. The number of hydrogen-bond donors (Lipinski definition) is 2. The Kier molecular flexibility index (Phi) is 5.87. The van der Waals surface area contributed by atoms with Crippen molar-refractivity contribution in [3.8, 4) is 6.07 Å². The van der Waals surface area contributed by atoms with Crippen molar-refractivity contribution >= 4 is 12.0 Å². The first-order chi connectivity index (χ1) is 12.0. The summed E-state index contributed by atoms with van der Waals surface area (Å²) in [5, 5.41) is 9.18. The molecule has 0 aromatic carbocycles. The van der Waals surface area contributed by atoms with E-state index in [0.717, 1.165) is 36.2 Å². The minimum absolute atomic E-state index is 0.00832. The molecule has 0 fully saturated rings. The van der Waals surface area contributed by atoms with Crippen molar-refractivity contribution in [2.24, 2.45) is 0 Å². The molecule has 0 aliphatic heterocycles. The summed E-state index contributed by atoms with van der Waals surface area (Å²) in [4.78, 5) is 18.4. The first kappa shape index (κ1) is 18.6. The van der Waals surface area contributed by atoms with E-state index in [1.165, 1.54) is 29.5 Å². The van der Waals surface area contributed by atoms with Crippen LogP contribution in [0.1, 0.15) is 53.2 Å². The standard InChI is InChI=1S/C20H25N3O2/c1-6-15-12(3)11-22-18(15)9-19-16(7-2)13(4)17(23-19)8-14(10-21)20(24)25-5/h8,11,22-23H,6-7,9H2,1-5H3. The zero-order chi connectivity index (χ0) is 18.6. The fourth-order valence-corrected chi connectivity index (χ4v) is 3.32. The number of methoxy groups -OCH3 is 1. The summed E-state index contributed by atoms with van der Waals surface area (Å²) < 4.78 is 4.66. The molecule has 2 rings (SSSR count). The van der Waals surface area contributed by atoms with Gasteiger partial charge in [-0.3, -0.25) is 0 Å². The lowest BCUT2D eigenvalue weighted by atomic mass is 10.0. The van der Waals surface area contributed by atoms with Gasteiger partial charge < -0.3 is 14.7 Å². The number of aromatic amines is 2. The zero-order valence-corrected chi connectivity index (χ0v) is 15.5. The van der Waals surface area contributed by atoms with Crippen LogP contribution in [0.2, 0.25) is 0 Å². The molecule has 0 saturated heterocycles. The van der Waals surface area contributed by atoms with Crippen molar-refractivity contribution in [2.45, 2.75) is 47.0 Å². The van der Waals surface area contributed by atoms with Gasteiger partial charge in [-0.1, -0.05) is 13.8 Å². The fraction of sp³-hybridized carbons (Fsp3) is 0.400. The normalized spacial score (nSPS) is 11.4. The number of aromatic nitrogens is 2. The third kappa shape index (κ3) is 3.69. The maximum Gasteiger partial charge on any atom is 0.348 e. The van der Waals surface area contributed by atoms with Gasteiger partial charge in [0, 0.05) is 29.7 Å². The number of ether oxygens (including phenoxy) is 1. The number of rotatable bonds is 6. The summed E-state index contributed by atoms with van der Waals surface area (Å²) in [5.74, 6) is -0.621. The van der Waals surface area contributed by atoms with Crippen LogP contribution in [-0.4, -0.2) is 23.0 Å². The van der Waals surface area contributed by atoms with Gasteiger partial charge >= 0.3 is 5.97 Å². The van der Waals surface area contributed by atoms with Crippen LogP contribution >= 0.6 is 0 Å². The summed E-state index contributed by atoms with van der Waals surface area (Å²) in [5.41, 5.74) is 8.01. The van der Waals surface area contributed by atoms with Crippen molar-refractivity contribution < 1.29 is 9.53 Å². The van der Waals surface area contributed by atoms with Gasteiger partial charge in [0.05, 0.1) is 7.11 Å². The molecule has 0 atom stereocenters. The smallest absolute Gasteiger partial charge is 0.348 e. The number of H-pyrrole nitrogens is 2. The number of carbonyl (C=O) groups excluding carboxylic acids is 1. The molecule has 0 radical (unpaired) electrons. The minimum Gasteiger partial charge on any atom is -0.465 e. The largest absolute Gasteiger partial charge is 0.465 e. The molecular formula is C20H25N3O2. The molecule has 0 unspecified atom stereocenters. The summed E-state index contributed by atoms with van der Waals surface area (Å²) in [6.07, 6.45) is 6.26. The maximum atomic E-state index is 11.7. The quantitative estimate of drug-likeness (QED) is 0.478. The average molecular weight is 339 g/mol. The predicted octanol–water partition coefficient (Wildman–Crippen LogP) is 3.76. The van der Waals surface area contributed by atoms with E-state index >= 15 is 0 Å². The Hall–Kier alpha value is -2.74. The molecule has 132 valence electrons. The number of carbonyl (C=O) groups is 1. The molecule has 2 heterocycles. The van der Waals surface area contributed by atoms with E-state index < -0.39 is 5.97 Å². The van der Waals surface area contributed by atoms with Crippen LogP contribution in [0.4, 0.5) is 0 Å². The van der Waals surface area contributed by atoms with E-state index in [9.17, 15) is 10.1 Å². The second-order valence-corrected chi connectivity index (χ2v) is 6.09. The van der Waals surface area contributed by atoms with Gasteiger partial charge in [-0.2, -0.15) is 5.26 Å². The molecule has 0 bridgehead atoms. The van der Waals surface area contributed by atoms with E-state index in [0.29, 0.717) is 0 Å². The Bertz CT molecular complexity index is 847. The predicted molar refractivity (Wildman–Crippen MR) is 98.2 cm³/mol. The average Bonchev–Trinajstić information content (AvgIpc) is 3.11. The summed E-state index contributed by atoms with van der Waals surface area (Å²) in [6, 6.07) is 1.91. The van der Waals surface area contributed by atoms with Gasteiger partial charge in [0.15, 0.2) is 0 Å². The number of nitrogens with zero attached hydrogens (tertiary/aromatic N) is 1. The molecule has 2 aromatic heterocycles. The Morgan fingerprint density at radius 2 is 1.92 bits per heavy atom. The second-order valence-electron chi connectivity index (χ2n) is 6.09. The van der Waals surface area contributed by atoms with Crippen molar-refractivity contribution in [1.82, 2.24) is 9.97 Å². The van der Waals surface area contributed by atoms with E-state index in [1.807, 2.05) is 19.2 Å². The Balaban J connectivity index is 2.46. The highest BCUT2D eigenvalue weighted by Gasteiger charge is 2.17. The van der Waals surface area contributed by atoms with Gasteiger partial charge in [-0.25, -0.2) is 4.79 Å². The van der Waals surface area contributed by atoms with Crippen LogP contribution in [-0.2, 0) is 28.8 Å². The van der Waals surface area contributed by atoms with Crippen molar-refractivity contribution in [1.29, 1.82) is 5.26 Å². The van der Waals surface area contributed by atoms with Gasteiger partial charge in [0.1, 0.15) is 11.6 Å². The number of hydrogen-bond acceptors (Lipinski definition) is 3. The molecule has 2 aromatic rings. The lowest BCUT2D eigenvalue weighted by molar-refractivity contribution is -0.135. The monoisotopic (exact) mass is 339 g/mol. The Morgan fingerprint density at radius 3 is 2.48 bits per heavy atom. The number of aryl methyl sites for hydroxylation is 1. The molecule has 5 heteroatoms. The van der Waals surface area contributed by atoms with Crippen LogP contribution in [0.15, 0.2) is 11.8 Å². The highest BCUT2D eigenvalue weighted by atomic mass is 16.5. The highest BCUT2D eigenvalue weighted by molar-refractivity contribution is 5.97. The zero-order valence-electron chi connectivity index (χ0n) is 15.5. The second kappa shape index (κ2) is 7.89. The number of nitrogens with one attached hydrogen (secondary N) is 2. The van der Waals surface area contributed by atoms with Crippen LogP contribution in [0, 0.1) is 25.2 Å². The molecule has 0 spiro atoms. The molecule has 2 N–H and O–H groups in total. The fourth-order valence-electron chi connectivity index (χ4n) is 3.32. The Labute approximate surface area is 148 Å². The maximum absolute atomic E-state index is 11.7.